The summed E-state index contributed by atoms with van der Waals surface area (Å²) in [5.74, 6) is -0.852. The summed E-state index contributed by atoms with van der Waals surface area (Å²) in [4.78, 5) is 63.0. The van der Waals surface area contributed by atoms with Crippen LogP contribution in [0.5, 0.6) is 0 Å². The highest BCUT2D eigenvalue weighted by atomic mass is 19.1. The zero-order valence-electron chi connectivity index (χ0n) is 90.0. The first-order valence-electron chi connectivity index (χ1n) is 52.6. The minimum absolute atomic E-state index is 0.000991. The van der Waals surface area contributed by atoms with Crippen LogP contribution in [0.4, 0.5) is 30.2 Å². The number of aliphatic imine (C=N–C) groups is 3. The number of benzene rings is 9. The summed E-state index contributed by atoms with van der Waals surface area (Å²) >= 11 is 0. The molecular formula is C102H117F3N12O6. The Morgan fingerprint density at radius 3 is 1.03 bits per heavy atom. The zero-order chi connectivity index (χ0) is 102. The number of halogens is 3. The molecule has 642 valence electrons. The first-order valence-corrected chi connectivity index (χ1v) is 42.6. The summed E-state index contributed by atoms with van der Waals surface area (Å²) in [5.41, 5.74) is 14.9. The third-order valence-corrected chi connectivity index (χ3v) is 24.0. The first-order chi connectivity index (χ1) is 67.7. The van der Waals surface area contributed by atoms with E-state index in [0.717, 1.165) is 136 Å². The average Bonchev–Trinajstić information content (AvgIpc) is 0.804. The van der Waals surface area contributed by atoms with Crippen LogP contribution in [-0.4, -0.2) is 189 Å². The number of amides is 3. The first kappa shape index (κ1) is 64.2. The molecule has 123 heavy (non-hydrogen) atoms. The Balaban J connectivity index is 0.000000155. The molecular weight excluding hydrogens is 1550 g/mol. The number of carbonyl (C=O) groups is 3. The van der Waals surface area contributed by atoms with Crippen molar-refractivity contribution >= 4 is 52.3 Å². The average molecular weight is 1680 g/mol. The molecule has 3 amide bonds. The molecule has 0 radical (unpaired) electrons. The lowest BCUT2D eigenvalue weighted by Gasteiger charge is -2.34. The van der Waals surface area contributed by atoms with Crippen molar-refractivity contribution in [3.8, 4) is 0 Å². The van der Waals surface area contributed by atoms with Crippen LogP contribution >= 0.6 is 0 Å². The van der Waals surface area contributed by atoms with Crippen molar-refractivity contribution < 1.29 is 69.2 Å². The Labute approximate surface area is 751 Å². The van der Waals surface area contributed by atoms with Crippen LogP contribution in [0.3, 0.4) is 0 Å². The van der Waals surface area contributed by atoms with Crippen LogP contribution in [0.1, 0.15) is 197 Å². The predicted molar refractivity (Wildman–Crippen MR) is 484 cm³/mol. The van der Waals surface area contributed by atoms with Gasteiger partial charge < -0.3 is 59.6 Å². The Morgan fingerprint density at radius 2 is 0.715 bits per heavy atom. The maximum Gasteiger partial charge on any atom is 0.257 e. The number of piperazine rings is 3. The van der Waals surface area contributed by atoms with Gasteiger partial charge in [0.2, 0.25) is 0 Å². The van der Waals surface area contributed by atoms with E-state index in [-0.39, 0.29) is 99.8 Å². The molecule has 21 heteroatoms. The van der Waals surface area contributed by atoms with E-state index in [9.17, 15) is 31.7 Å². The molecule has 6 fully saturated rings. The molecule has 9 aromatic rings. The Kier molecular flexibility index (Phi) is 20.8. The van der Waals surface area contributed by atoms with Gasteiger partial charge >= 0.3 is 0 Å². The highest BCUT2D eigenvalue weighted by Gasteiger charge is 2.30. The number of fused-ring (bicyclic) bond motifs is 3. The Morgan fingerprint density at radius 1 is 0.398 bits per heavy atom. The number of nitrogens with one attached hydrogen (secondary N) is 3. The molecule has 9 aromatic carbocycles. The molecule has 0 atom stereocenters. The highest BCUT2D eigenvalue weighted by molar-refractivity contribution is 6.16. The maximum absolute atomic E-state index is 14.2. The summed E-state index contributed by atoms with van der Waals surface area (Å²) in [7, 11) is 2.08. The lowest BCUT2D eigenvalue weighted by atomic mass is 9.89. The molecule has 6 saturated heterocycles. The van der Waals surface area contributed by atoms with E-state index in [1.165, 1.54) is 35.2 Å². The molecule has 9 heterocycles. The van der Waals surface area contributed by atoms with Gasteiger partial charge in [0.05, 0.1) is 33.3 Å². The van der Waals surface area contributed by atoms with E-state index in [0.29, 0.717) is 175 Å². The number of hydrogen-bond donors (Lipinski definition) is 3. The quantitative estimate of drug-likeness (QED) is 0.0744. The van der Waals surface area contributed by atoms with Gasteiger partial charge in [-0.2, -0.15) is 0 Å². The number of hydrogen-bond acceptors (Lipinski definition) is 15. The van der Waals surface area contributed by atoms with Crippen LogP contribution in [0, 0.1) is 56.0 Å². The number of nitrogens with zero attached hydrogens (tertiary/aromatic N) is 9. The molecule has 18 rings (SSSR count). The Bertz CT molecular complexity index is 6360. The van der Waals surface area contributed by atoms with Gasteiger partial charge in [0.15, 0.2) is 0 Å². The van der Waals surface area contributed by atoms with Crippen molar-refractivity contribution in [3.63, 3.8) is 0 Å². The van der Waals surface area contributed by atoms with E-state index in [1.54, 1.807) is 25.1 Å². The van der Waals surface area contributed by atoms with Crippen LogP contribution in [0.15, 0.2) is 179 Å². The number of aryl methyl sites for hydroxylation is 3. The van der Waals surface area contributed by atoms with Crippen molar-refractivity contribution in [2.75, 3.05) is 154 Å². The normalized spacial score (nSPS) is 22.0. The molecule has 3 N–H and O–H groups in total. The van der Waals surface area contributed by atoms with E-state index in [1.807, 2.05) is 91.5 Å². The number of ether oxygens (including phenoxy) is 3. The smallest absolute Gasteiger partial charge is 0.257 e. The third-order valence-electron chi connectivity index (χ3n) is 24.0. The van der Waals surface area contributed by atoms with Gasteiger partial charge in [-0.25, -0.2) is 13.2 Å². The molecule has 9 aliphatic rings. The molecule has 18 nitrogen and oxygen atoms in total. The molecule has 0 aromatic heterocycles. The van der Waals surface area contributed by atoms with Crippen molar-refractivity contribution in [1.82, 2.24) is 30.7 Å². The number of likely N-dealkylation sites (N-methyl/N-ethyl adjacent to an activating group) is 3. The molecule has 0 bridgehead atoms. The van der Waals surface area contributed by atoms with Gasteiger partial charge in [-0.05, 0) is 329 Å². The van der Waals surface area contributed by atoms with Crippen molar-refractivity contribution in [3.05, 3.63) is 298 Å². The summed E-state index contributed by atoms with van der Waals surface area (Å²) in [5, 5.41) is 8.81. The van der Waals surface area contributed by atoms with Gasteiger partial charge in [0.1, 0.15) is 35.0 Å². The second-order valence-electron chi connectivity index (χ2n) is 33.4. The van der Waals surface area contributed by atoms with Gasteiger partial charge in [-0.15, -0.1) is 0 Å². The largest absolute Gasteiger partial charge is 0.381 e. The number of rotatable bonds is 18. The lowest BCUT2D eigenvalue weighted by molar-refractivity contribution is 0.0663. The van der Waals surface area contributed by atoms with Gasteiger partial charge in [0.25, 0.3) is 17.7 Å². The molecule has 0 spiro atoms. The molecule has 9 aliphatic heterocycles. The van der Waals surface area contributed by atoms with E-state index >= 15 is 0 Å². The fraction of sp³-hybridized carbons (Fsp3) is 0.412. The molecule has 0 saturated carbocycles. The summed E-state index contributed by atoms with van der Waals surface area (Å²) in [6.07, 6.45) is 7.13. The van der Waals surface area contributed by atoms with Crippen LogP contribution in [-0.2, 0) is 72.4 Å². The monoisotopic (exact) mass is 1680 g/mol. The van der Waals surface area contributed by atoms with Crippen molar-refractivity contribution in [2.45, 2.75) is 117 Å². The molecule has 0 unspecified atom stereocenters. The SMILES string of the molecule is [2H]c1cc(C(=O)NC2=NCc3ccc(Cc4cc(C)cc(F)c4)cc32)c(CC2CCOCC2)c([2H])c1N1C([2H])([2H])C([2H])([2H])N(C([2H])([2H])[2H])C([2H])([2H])C1([2H])[2H].[2H]c1cc(C(=O)NC2=NCc3ccc(Cc4cc(C)cc(F)c4)cc32)c(CC2CCOCC2)c([2H])c1N1CCN(C([2H])([2H])[2H])CC1.[2H]c1cc(C(=O)NC2=NCc3ccc(Cc4cc(C)cc(F)c4)cc32)c(CC2CCOCC2)c([2H])c1N1CCN(C)CC1. The number of anilines is 3. The minimum Gasteiger partial charge on any atom is -0.381 e. The van der Waals surface area contributed by atoms with Crippen LogP contribution in [0.2, 0.25) is 0 Å². The fourth-order valence-corrected chi connectivity index (χ4v) is 17.3. The van der Waals surface area contributed by atoms with Gasteiger partial charge in [0, 0.05) is 182 Å². The molecule has 0 aliphatic carbocycles. The van der Waals surface area contributed by atoms with Crippen LogP contribution < -0.4 is 30.7 Å². The van der Waals surface area contributed by atoms with Crippen molar-refractivity contribution in [1.29, 1.82) is 0 Å². The topological polar surface area (TPSA) is 172 Å². The second kappa shape index (κ2) is 39.9. The summed E-state index contributed by atoms with van der Waals surface area (Å²) in [6.45, 7) is -5.88. The lowest BCUT2D eigenvalue weighted by Crippen LogP contribution is -2.44. The summed E-state index contributed by atoms with van der Waals surface area (Å²) < 4.78 is 229. The summed E-state index contributed by atoms with van der Waals surface area (Å²) in [6, 6.07) is 35.8. The van der Waals surface area contributed by atoms with Crippen LogP contribution in [0.25, 0.3) is 0 Å². The van der Waals surface area contributed by atoms with Crippen molar-refractivity contribution in [2.24, 2.45) is 32.7 Å². The predicted octanol–water partition coefficient (Wildman–Crippen LogP) is 15.4. The van der Waals surface area contributed by atoms with Gasteiger partial charge in [-0.3, -0.25) is 29.4 Å². The number of carbonyl (C=O) groups excluding carboxylic acids is 3. The fourth-order valence-electron chi connectivity index (χ4n) is 17.3. The second-order valence-corrected chi connectivity index (χ2v) is 33.4. The highest BCUT2D eigenvalue weighted by Crippen LogP contribution is 2.34. The van der Waals surface area contributed by atoms with E-state index < -0.39 is 74.4 Å². The maximum atomic E-state index is 14.2. The van der Waals surface area contributed by atoms with Gasteiger partial charge in [-0.1, -0.05) is 54.6 Å². The van der Waals surface area contributed by atoms with E-state index in [2.05, 4.69) is 47.8 Å². The minimum atomic E-state index is -3.72. The zero-order valence-corrected chi connectivity index (χ0v) is 70.0. The third kappa shape index (κ3) is 22.3. The Hall–Kier alpha value is -10.7. The van der Waals surface area contributed by atoms with E-state index in [4.69, 9.17) is 37.5 Å². The number of amidine groups is 3. The standard InChI is InChI=1S/3C34H39FN4O2/c3*1-23-15-26(19-29(35)16-23)17-25-3-4-27-22-36-33(32(27)20-25)37-34(40)31-6-5-30(39-11-9-38(2)10-12-39)21-28(31)18-24-7-13-41-14-8-24/h3*3-6,15-16,19-21,24H,7-14,17-18,22H2,1-2H3,(H,36,37,40)/i2D3,5D,9D2,10D2,11D2,12D2,21D;2D3,5D,21D;5D,21D.